The fraction of sp³-hybridized carbons (Fsp3) is 0.800. The third-order valence-corrected chi connectivity index (χ3v) is 4.55. The molecule has 0 radical (unpaired) electrons. The predicted molar refractivity (Wildman–Crippen MR) is 76.5 cm³/mol. The Labute approximate surface area is 124 Å². The van der Waals surface area contributed by atoms with Crippen molar-refractivity contribution in [2.24, 2.45) is 11.8 Å². The van der Waals surface area contributed by atoms with Crippen molar-refractivity contribution in [3.63, 3.8) is 0 Å². The largest absolute Gasteiger partial charge is 0.481 e. The van der Waals surface area contributed by atoms with E-state index in [9.17, 15) is 14.4 Å². The average molecular weight is 296 g/mol. The van der Waals surface area contributed by atoms with Crippen molar-refractivity contribution < 1.29 is 19.5 Å². The number of hydrogen-bond acceptors (Lipinski definition) is 4. The van der Waals surface area contributed by atoms with Gasteiger partial charge in [-0.2, -0.15) is 0 Å². The Bertz CT molecular complexity index is 427. The van der Waals surface area contributed by atoms with Crippen LogP contribution in [0.5, 0.6) is 0 Å². The van der Waals surface area contributed by atoms with Crippen LogP contribution >= 0.6 is 0 Å². The fourth-order valence-electron chi connectivity index (χ4n) is 3.28. The van der Waals surface area contributed by atoms with Gasteiger partial charge >= 0.3 is 5.97 Å². The second-order valence-electron chi connectivity index (χ2n) is 6.42. The van der Waals surface area contributed by atoms with E-state index in [1.807, 2.05) is 13.8 Å². The molecule has 6 nitrogen and oxygen atoms in total. The molecule has 2 rings (SSSR count). The maximum atomic E-state index is 12.1. The van der Waals surface area contributed by atoms with Crippen LogP contribution in [0.25, 0.3) is 0 Å². The lowest BCUT2D eigenvalue weighted by Gasteiger charge is -2.27. The Hall–Kier alpha value is -1.43. The second-order valence-corrected chi connectivity index (χ2v) is 6.42. The highest BCUT2D eigenvalue weighted by Crippen LogP contribution is 2.28. The first-order valence-electron chi connectivity index (χ1n) is 7.72. The van der Waals surface area contributed by atoms with E-state index in [4.69, 9.17) is 5.11 Å². The van der Waals surface area contributed by atoms with Crippen LogP contribution in [0.15, 0.2) is 0 Å². The molecule has 2 aliphatic rings. The molecular weight excluding hydrogens is 272 g/mol. The highest BCUT2D eigenvalue weighted by atomic mass is 16.4. The molecule has 2 fully saturated rings. The van der Waals surface area contributed by atoms with Crippen molar-refractivity contribution in [2.75, 3.05) is 6.54 Å². The topological polar surface area (TPSA) is 86.7 Å². The average Bonchev–Trinajstić information content (AvgIpc) is 2.71. The van der Waals surface area contributed by atoms with Gasteiger partial charge in [0.25, 0.3) is 0 Å². The van der Waals surface area contributed by atoms with E-state index in [0.717, 1.165) is 12.8 Å². The summed E-state index contributed by atoms with van der Waals surface area (Å²) in [6.45, 7) is 4.36. The highest BCUT2D eigenvalue weighted by Gasteiger charge is 2.39. The number of likely N-dealkylation sites (tertiary alicyclic amines) is 1. The Morgan fingerprint density at radius 1 is 1.29 bits per heavy atom. The van der Waals surface area contributed by atoms with E-state index in [0.29, 0.717) is 25.3 Å². The van der Waals surface area contributed by atoms with Gasteiger partial charge in [0.2, 0.25) is 11.8 Å². The van der Waals surface area contributed by atoms with E-state index in [1.54, 1.807) is 0 Å². The summed E-state index contributed by atoms with van der Waals surface area (Å²) in [5, 5.41) is 12.2. The van der Waals surface area contributed by atoms with Crippen molar-refractivity contribution in [1.82, 2.24) is 10.2 Å². The second kappa shape index (κ2) is 6.56. The normalized spacial score (nSPS) is 30.2. The molecular formula is C15H24N2O4. The van der Waals surface area contributed by atoms with Gasteiger partial charge in [0.15, 0.2) is 0 Å². The number of imide groups is 1. The number of rotatable bonds is 5. The SMILES string of the molecule is CC(C)N1C(=O)CC(NCC2CCC(C(=O)O)CC2)C1=O. The minimum absolute atomic E-state index is 0.0946. The summed E-state index contributed by atoms with van der Waals surface area (Å²) in [6, 6.07) is -0.500. The summed E-state index contributed by atoms with van der Waals surface area (Å²) in [5.74, 6) is -0.758. The van der Waals surface area contributed by atoms with Gasteiger partial charge in [0.05, 0.1) is 18.4 Å². The molecule has 1 heterocycles. The molecule has 0 spiro atoms. The van der Waals surface area contributed by atoms with Crippen LogP contribution in [-0.4, -0.2) is 46.4 Å². The van der Waals surface area contributed by atoms with Crippen molar-refractivity contribution in [3.05, 3.63) is 0 Å². The van der Waals surface area contributed by atoms with Crippen molar-refractivity contribution >= 4 is 17.8 Å². The zero-order chi connectivity index (χ0) is 15.6. The highest BCUT2D eigenvalue weighted by molar-refractivity contribution is 6.05. The molecule has 0 aromatic rings. The van der Waals surface area contributed by atoms with Crippen molar-refractivity contribution in [3.8, 4) is 0 Å². The maximum absolute atomic E-state index is 12.1. The fourth-order valence-corrected chi connectivity index (χ4v) is 3.28. The molecule has 21 heavy (non-hydrogen) atoms. The molecule has 0 aromatic carbocycles. The summed E-state index contributed by atoms with van der Waals surface area (Å²) in [6.07, 6.45) is 3.38. The lowest BCUT2D eigenvalue weighted by Crippen LogP contribution is -2.43. The molecule has 2 N–H and O–H groups in total. The smallest absolute Gasteiger partial charge is 0.306 e. The van der Waals surface area contributed by atoms with Crippen LogP contribution in [0.1, 0.15) is 46.0 Å². The summed E-state index contributed by atoms with van der Waals surface area (Å²) < 4.78 is 0. The number of aliphatic carboxylic acids is 1. The summed E-state index contributed by atoms with van der Waals surface area (Å²) in [5.41, 5.74) is 0. The van der Waals surface area contributed by atoms with E-state index >= 15 is 0 Å². The molecule has 1 aliphatic heterocycles. The van der Waals surface area contributed by atoms with Gasteiger partial charge in [-0.05, 0) is 52.0 Å². The Morgan fingerprint density at radius 3 is 2.38 bits per heavy atom. The summed E-state index contributed by atoms with van der Waals surface area (Å²) >= 11 is 0. The monoisotopic (exact) mass is 296 g/mol. The summed E-state index contributed by atoms with van der Waals surface area (Å²) in [7, 11) is 0. The molecule has 1 saturated heterocycles. The molecule has 1 saturated carbocycles. The number of amides is 2. The van der Waals surface area contributed by atoms with E-state index < -0.39 is 12.0 Å². The van der Waals surface area contributed by atoms with Gasteiger partial charge in [0, 0.05) is 6.04 Å². The van der Waals surface area contributed by atoms with Gasteiger partial charge in [-0.25, -0.2) is 0 Å². The molecule has 1 unspecified atom stereocenters. The van der Waals surface area contributed by atoms with E-state index in [-0.39, 0.29) is 30.2 Å². The number of nitrogens with one attached hydrogen (secondary N) is 1. The van der Waals surface area contributed by atoms with Crippen LogP contribution in [0.2, 0.25) is 0 Å². The number of nitrogens with zero attached hydrogens (tertiary/aromatic N) is 1. The first kappa shape index (κ1) is 15.9. The Kier molecular flexibility index (Phi) is 4.98. The van der Waals surface area contributed by atoms with Gasteiger partial charge in [0.1, 0.15) is 0 Å². The number of carbonyl (C=O) groups is 3. The Balaban J connectivity index is 1.78. The van der Waals surface area contributed by atoms with Gasteiger partial charge < -0.3 is 10.4 Å². The zero-order valence-electron chi connectivity index (χ0n) is 12.7. The van der Waals surface area contributed by atoms with Crippen LogP contribution in [0.4, 0.5) is 0 Å². The van der Waals surface area contributed by atoms with E-state index in [1.165, 1.54) is 4.90 Å². The first-order chi connectivity index (χ1) is 9.90. The number of carboxylic acids is 1. The molecule has 0 bridgehead atoms. The van der Waals surface area contributed by atoms with Crippen LogP contribution in [-0.2, 0) is 14.4 Å². The molecule has 6 heteroatoms. The van der Waals surface area contributed by atoms with Crippen LogP contribution in [0.3, 0.4) is 0 Å². The van der Waals surface area contributed by atoms with Gasteiger partial charge in [-0.1, -0.05) is 0 Å². The number of carboxylic acid groups (broad SMARTS) is 1. The Morgan fingerprint density at radius 2 is 1.90 bits per heavy atom. The molecule has 2 amide bonds. The van der Waals surface area contributed by atoms with Crippen molar-refractivity contribution in [2.45, 2.75) is 58.0 Å². The van der Waals surface area contributed by atoms with Crippen LogP contribution < -0.4 is 5.32 Å². The standard InChI is InChI=1S/C15H24N2O4/c1-9(2)17-13(18)7-12(14(17)19)16-8-10-3-5-11(6-4-10)15(20)21/h9-12,16H,3-8H2,1-2H3,(H,20,21). The quantitative estimate of drug-likeness (QED) is 0.739. The molecule has 0 aromatic heterocycles. The van der Waals surface area contributed by atoms with Gasteiger partial charge in [-0.15, -0.1) is 0 Å². The lowest BCUT2D eigenvalue weighted by atomic mass is 9.82. The molecule has 1 aliphatic carbocycles. The van der Waals surface area contributed by atoms with Crippen molar-refractivity contribution in [1.29, 1.82) is 0 Å². The zero-order valence-corrected chi connectivity index (χ0v) is 12.7. The first-order valence-corrected chi connectivity index (χ1v) is 7.72. The van der Waals surface area contributed by atoms with E-state index in [2.05, 4.69) is 5.32 Å². The predicted octanol–water partition coefficient (Wildman–Crippen LogP) is 1.00. The number of hydrogen-bond donors (Lipinski definition) is 2. The number of carbonyl (C=O) groups excluding carboxylic acids is 2. The minimum atomic E-state index is -0.703. The lowest BCUT2D eigenvalue weighted by molar-refractivity contribution is -0.143. The minimum Gasteiger partial charge on any atom is -0.481 e. The third-order valence-electron chi connectivity index (χ3n) is 4.55. The maximum Gasteiger partial charge on any atom is 0.306 e. The van der Waals surface area contributed by atoms with Crippen LogP contribution in [0, 0.1) is 11.8 Å². The molecule has 118 valence electrons. The summed E-state index contributed by atoms with van der Waals surface area (Å²) in [4.78, 5) is 36.2. The van der Waals surface area contributed by atoms with Gasteiger partial charge in [-0.3, -0.25) is 19.3 Å². The third kappa shape index (κ3) is 3.61. The molecule has 1 atom stereocenters.